The molecule has 0 aliphatic carbocycles. The van der Waals surface area contributed by atoms with E-state index in [1.807, 2.05) is 12.1 Å². The fraction of sp³-hybridized carbons (Fsp3) is 0.286. The van der Waals surface area contributed by atoms with Gasteiger partial charge in [0.25, 0.3) is 0 Å². The molecule has 0 aliphatic heterocycles. The predicted molar refractivity (Wildman–Crippen MR) is 96.6 cm³/mol. The van der Waals surface area contributed by atoms with Crippen molar-refractivity contribution in [2.75, 3.05) is 31.3 Å². The average molecular weight is 340 g/mol. The van der Waals surface area contributed by atoms with Gasteiger partial charge < -0.3 is 15.4 Å². The molecule has 0 amide bonds. The van der Waals surface area contributed by atoms with Crippen LogP contribution in [0, 0.1) is 0 Å². The zero-order valence-corrected chi connectivity index (χ0v) is 14.2. The van der Waals surface area contributed by atoms with Gasteiger partial charge in [0.15, 0.2) is 9.45 Å². The number of rotatable bonds is 7. The maximum atomic E-state index is 5.36. The van der Waals surface area contributed by atoms with Crippen LogP contribution in [0.15, 0.2) is 35.2 Å². The monoisotopic (exact) mass is 339 g/mol. The highest BCUT2D eigenvalue weighted by molar-refractivity contribution is 8.01. The predicted octanol–water partition coefficient (Wildman–Crippen LogP) is 3.51. The Morgan fingerprint density at radius 3 is 3.19 bits per heavy atom. The third-order valence-corrected chi connectivity index (χ3v) is 4.97. The van der Waals surface area contributed by atoms with E-state index in [9.17, 15) is 0 Å². The number of benzene rings is 1. The van der Waals surface area contributed by atoms with E-state index in [0.29, 0.717) is 18.3 Å². The lowest BCUT2D eigenvalue weighted by molar-refractivity contribution is 0.180. The normalized spacial score (nSPS) is 10.5. The van der Waals surface area contributed by atoms with Gasteiger partial charge in [0.05, 0.1) is 23.4 Å². The second kappa shape index (κ2) is 8.33. The summed E-state index contributed by atoms with van der Waals surface area (Å²) in [6.45, 7) is 4.92. The molecular formula is C14H17N3OS3. The van der Waals surface area contributed by atoms with E-state index in [1.165, 1.54) is 0 Å². The molecule has 0 unspecified atom stereocenters. The number of ether oxygens (including phenoxy) is 1. The summed E-state index contributed by atoms with van der Waals surface area (Å²) in [5.41, 5.74) is 1.98. The van der Waals surface area contributed by atoms with Crippen molar-refractivity contribution in [3.05, 3.63) is 30.9 Å². The van der Waals surface area contributed by atoms with E-state index in [4.69, 9.17) is 17.0 Å². The first-order valence-corrected chi connectivity index (χ1v) is 8.64. The first-order chi connectivity index (χ1) is 10.2. The molecule has 2 rings (SSSR count). The molecule has 21 heavy (non-hydrogen) atoms. The summed E-state index contributed by atoms with van der Waals surface area (Å²) < 4.78 is 7.56. The van der Waals surface area contributed by atoms with E-state index < -0.39 is 0 Å². The molecule has 0 fully saturated rings. The number of fused-ring (bicyclic) bond motifs is 1. The smallest absolute Gasteiger partial charge is 0.170 e. The summed E-state index contributed by atoms with van der Waals surface area (Å²) in [5, 5.41) is 6.62. The van der Waals surface area contributed by atoms with Crippen LogP contribution in [0.1, 0.15) is 0 Å². The fourth-order valence-electron chi connectivity index (χ4n) is 1.59. The van der Waals surface area contributed by atoms with Crippen LogP contribution in [0.5, 0.6) is 0 Å². The van der Waals surface area contributed by atoms with Gasteiger partial charge in [-0.3, -0.25) is 0 Å². The van der Waals surface area contributed by atoms with Crippen LogP contribution in [0.25, 0.3) is 10.2 Å². The highest BCUT2D eigenvalue weighted by Gasteiger charge is 2.06. The van der Waals surface area contributed by atoms with Crippen LogP contribution in [-0.4, -0.2) is 36.1 Å². The quantitative estimate of drug-likeness (QED) is 0.348. The minimum atomic E-state index is 0.598. The minimum absolute atomic E-state index is 0.598. The first-order valence-electron chi connectivity index (χ1n) is 6.43. The molecule has 0 spiro atoms. The van der Waals surface area contributed by atoms with Crippen molar-refractivity contribution in [1.29, 1.82) is 0 Å². The highest BCUT2D eigenvalue weighted by Crippen LogP contribution is 2.31. The van der Waals surface area contributed by atoms with Crippen LogP contribution < -0.4 is 10.6 Å². The van der Waals surface area contributed by atoms with Crippen molar-refractivity contribution in [3.8, 4) is 0 Å². The Balaban J connectivity index is 1.97. The number of thiocarbonyl (C=S) groups is 1. The van der Waals surface area contributed by atoms with Gasteiger partial charge >= 0.3 is 0 Å². The maximum absolute atomic E-state index is 5.36. The molecule has 0 saturated heterocycles. The maximum Gasteiger partial charge on any atom is 0.170 e. The Kier molecular flexibility index (Phi) is 6.44. The molecule has 7 heteroatoms. The number of thioether (sulfide) groups is 1. The Bertz CT molecular complexity index is 627. The van der Waals surface area contributed by atoms with E-state index in [2.05, 4.69) is 28.3 Å². The Labute approximate surface area is 138 Å². The second-order valence-electron chi connectivity index (χ2n) is 4.08. The molecule has 0 saturated carbocycles. The van der Waals surface area contributed by atoms with E-state index in [0.717, 1.165) is 26.0 Å². The van der Waals surface area contributed by atoms with E-state index >= 15 is 0 Å². The summed E-state index contributed by atoms with van der Waals surface area (Å²) >= 11 is 8.49. The van der Waals surface area contributed by atoms with Crippen molar-refractivity contribution in [2.45, 2.75) is 4.34 Å². The molecule has 112 valence electrons. The van der Waals surface area contributed by atoms with Crippen molar-refractivity contribution in [1.82, 2.24) is 10.3 Å². The van der Waals surface area contributed by atoms with Gasteiger partial charge in [-0.1, -0.05) is 17.8 Å². The van der Waals surface area contributed by atoms with Gasteiger partial charge in [0.1, 0.15) is 0 Å². The lowest BCUT2D eigenvalue weighted by atomic mass is 10.3. The number of nitrogens with zero attached hydrogens (tertiary/aromatic N) is 1. The van der Waals surface area contributed by atoms with Crippen molar-refractivity contribution in [2.24, 2.45) is 0 Å². The van der Waals surface area contributed by atoms with Gasteiger partial charge in [-0.2, -0.15) is 0 Å². The second-order valence-corrected chi connectivity index (χ2v) is 6.86. The van der Waals surface area contributed by atoms with Crippen LogP contribution >= 0.6 is 35.3 Å². The molecule has 1 aromatic heterocycles. The summed E-state index contributed by atoms with van der Waals surface area (Å²) in [7, 11) is 1.80. The van der Waals surface area contributed by atoms with Crippen molar-refractivity contribution >= 4 is 56.3 Å². The molecule has 0 bridgehead atoms. The van der Waals surface area contributed by atoms with E-state index in [-0.39, 0.29) is 0 Å². The summed E-state index contributed by atoms with van der Waals surface area (Å²) in [4.78, 5) is 4.60. The lowest BCUT2D eigenvalue weighted by Gasteiger charge is -2.05. The molecule has 2 N–H and O–H groups in total. The summed E-state index contributed by atoms with van der Waals surface area (Å²) in [6.07, 6.45) is 1.76. The van der Waals surface area contributed by atoms with Gasteiger partial charge in [0.2, 0.25) is 0 Å². The van der Waals surface area contributed by atoms with Gasteiger partial charge in [-0.15, -0.1) is 17.9 Å². The molecule has 4 nitrogen and oxygen atoms in total. The Morgan fingerprint density at radius 1 is 1.57 bits per heavy atom. The van der Waals surface area contributed by atoms with E-state index in [1.54, 1.807) is 36.2 Å². The number of hydrogen-bond acceptors (Lipinski definition) is 5. The van der Waals surface area contributed by atoms with Gasteiger partial charge in [-0.25, -0.2) is 4.98 Å². The molecule has 1 heterocycles. The van der Waals surface area contributed by atoms with Crippen LogP contribution in [0.3, 0.4) is 0 Å². The fourth-order valence-corrected chi connectivity index (χ4v) is 3.74. The molecule has 0 atom stereocenters. The van der Waals surface area contributed by atoms with Crippen molar-refractivity contribution < 1.29 is 4.74 Å². The SMILES string of the molecule is C=CCOCCSc1nc2ccc(NC(=S)NC)cc2s1. The highest BCUT2D eigenvalue weighted by atomic mass is 32.2. The Morgan fingerprint density at radius 2 is 2.43 bits per heavy atom. The third-order valence-electron chi connectivity index (χ3n) is 2.54. The number of thiazole rings is 1. The number of hydrogen-bond donors (Lipinski definition) is 2. The topological polar surface area (TPSA) is 46.2 Å². The molecular weight excluding hydrogens is 322 g/mol. The molecule has 0 aliphatic rings. The molecule has 2 aromatic rings. The van der Waals surface area contributed by atoms with Crippen molar-refractivity contribution in [3.63, 3.8) is 0 Å². The average Bonchev–Trinajstić information content (AvgIpc) is 2.89. The van der Waals surface area contributed by atoms with Gasteiger partial charge in [0, 0.05) is 18.5 Å². The minimum Gasteiger partial charge on any atom is -0.377 e. The summed E-state index contributed by atoms with van der Waals surface area (Å²) in [5.74, 6) is 0.891. The number of anilines is 1. The number of aromatic nitrogens is 1. The zero-order valence-electron chi connectivity index (χ0n) is 11.7. The lowest BCUT2D eigenvalue weighted by Crippen LogP contribution is -2.23. The van der Waals surface area contributed by atoms with Gasteiger partial charge in [-0.05, 0) is 30.4 Å². The third kappa shape index (κ3) is 4.96. The molecule has 0 radical (unpaired) electrons. The Hall–Kier alpha value is -1.15. The zero-order chi connectivity index (χ0) is 15.1. The largest absolute Gasteiger partial charge is 0.377 e. The van der Waals surface area contributed by atoms with Crippen LogP contribution in [0.4, 0.5) is 5.69 Å². The first kappa shape index (κ1) is 16.2. The van der Waals surface area contributed by atoms with Crippen LogP contribution in [0.2, 0.25) is 0 Å². The standard InChI is InChI=1S/C14H17N3OS3/c1-3-6-18-7-8-20-14-17-11-5-4-10(9-12(11)21-14)16-13(19)15-2/h3-5,9H,1,6-8H2,2H3,(H2,15,16,19). The molecule has 1 aromatic carbocycles. The summed E-state index contributed by atoms with van der Waals surface area (Å²) in [6, 6.07) is 6.05. The number of nitrogens with one attached hydrogen (secondary N) is 2. The van der Waals surface area contributed by atoms with Crippen LogP contribution in [-0.2, 0) is 4.74 Å².